The van der Waals surface area contributed by atoms with Crippen LogP contribution in [0.3, 0.4) is 0 Å². The molecule has 17 heavy (non-hydrogen) atoms. The number of rotatable bonds is 1. The van der Waals surface area contributed by atoms with Gasteiger partial charge < -0.3 is 5.32 Å². The molecule has 1 aromatic rings. The number of amides is 1. The Hall–Kier alpha value is -1.43. The van der Waals surface area contributed by atoms with Gasteiger partial charge in [-0.15, -0.1) is 0 Å². The third-order valence-corrected chi connectivity index (χ3v) is 4.34. The van der Waals surface area contributed by atoms with E-state index in [1.807, 2.05) is 0 Å². The minimum absolute atomic E-state index is 0.0139. The van der Waals surface area contributed by atoms with Crippen molar-refractivity contribution in [3.63, 3.8) is 0 Å². The number of nitrogens with one attached hydrogen (secondary N) is 1. The van der Waals surface area contributed by atoms with Gasteiger partial charge in [0.15, 0.2) is 9.84 Å². The number of sulfone groups is 1. The molecule has 0 aromatic heterocycles. The first-order chi connectivity index (χ1) is 7.96. The molecule has 1 amide bonds. The Labute approximate surface area is 98.8 Å². The molecule has 1 fully saturated rings. The molecule has 1 atom stereocenters. The normalized spacial score (nSPS) is 23.8. The van der Waals surface area contributed by atoms with E-state index in [0.29, 0.717) is 5.56 Å². The minimum Gasteiger partial charge on any atom is -0.348 e. The second-order valence-electron chi connectivity index (χ2n) is 4.04. The minimum atomic E-state index is -3.24. The predicted molar refractivity (Wildman–Crippen MR) is 60.6 cm³/mol. The van der Waals surface area contributed by atoms with Crippen LogP contribution in [0.15, 0.2) is 24.3 Å². The highest BCUT2D eigenvalue weighted by Crippen LogP contribution is 2.19. The lowest BCUT2D eigenvalue weighted by Crippen LogP contribution is -2.29. The van der Waals surface area contributed by atoms with Crippen molar-refractivity contribution < 1.29 is 17.6 Å². The standard InChI is InChI=1S/C11H12FNO3S/c12-9-3-1-8(2-4-9)10-7-17(15,16)6-5-11(14)13-10/h1-4,10H,5-7H2,(H,13,14). The maximum absolute atomic E-state index is 12.8. The summed E-state index contributed by atoms with van der Waals surface area (Å²) in [6.07, 6.45) is -0.0139. The van der Waals surface area contributed by atoms with E-state index in [1.54, 1.807) is 0 Å². The first-order valence-electron chi connectivity index (χ1n) is 5.21. The van der Waals surface area contributed by atoms with Crippen LogP contribution in [0.4, 0.5) is 4.39 Å². The molecule has 1 saturated heterocycles. The highest BCUT2D eigenvalue weighted by molar-refractivity contribution is 7.91. The average molecular weight is 257 g/mol. The molecule has 1 N–H and O–H groups in total. The zero-order chi connectivity index (χ0) is 12.5. The van der Waals surface area contributed by atoms with Crippen LogP contribution in [-0.4, -0.2) is 25.8 Å². The van der Waals surface area contributed by atoms with Crippen LogP contribution in [0, 0.1) is 5.82 Å². The molecule has 0 radical (unpaired) electrons. The molecular formula is C11H12FNO3S. The van der Waals surface area contributed by atoms with Gasteiger partial charge in [-0.1, -0.05) is 12.1 Å². The van der Waals surface area contributed by atoms with E-state index >= 15 is 0 Å². The number of benzene rings is 1. The summed E-state index contributed by atoms with van der Waals surface area (Å²) in [5, 5.41) is 2.63. The summed E-state index contributed by atoms with van der Waals surface area (Å²) in [6, 6.07) is 4.89. The molecule has 0 bridgehead atoms. The molecule has 1 aliphatic rings. The number of carbonyl (C=O) groups is 1. The van der Waals surface area contributed by atoms with E-state index in [-0.39, 0.29) is 23.8 Å². The number of carbonyl (C=O) groups excluding carboxylic acids is 1. The Kier molecular flexibility index (Phi) is 3.15. The van der Waals surface area contributed by atoms with Crippen molar-refractivity contribution in [2.75, 3.05) is 11.5 Å². The molecule has 4 nitrogen and oxygen atoms in total. The van der Waals surface area contributed by atoms with Gasteiger partial charge >= 0.3 is 0 Å². The fourth-order valence-corrected chi connectivity index (χ4v) is 3.21. The maximum Gasteiger partial charge on any atom is 0.221 e. The smallest absolute Gasteiger partial charge is 0.221 e. The fourth-order valence-electron chi connectivity index (χ4n) is 1.77. The van der Waals surface area contributed by atoms with E-state index in [1.165, 1.54) is 24.3 Å². The molecule has 0 aliphatic carbocycles. The third-order valence-electron chi connectivity index (χ3n) is 2.67. The van der Waals surface area contributed by atoms with Gasteiger partial charge in [-0.05, 0) is 17.7 Å². The van der Waals surface area contributed by atoms with Gasteiger partial charge in [-0.25, -0.2) is 12.8 Å². The van der Waals surface area contributed by atoms with Gasteiger partial charge in [-0.2, -0.15) is 0 Å². The van der Waals surface area contributed by atoms with Crippen LogP contribution >= 0.6 is 0 Å². The molecule has 92 valence electrons. The average Bonchev–Trinajstić information content (AvgIpc) is 2.39. The highest BCUT2D eigenvalue weighted by atomic mass is 32.2. The summed E-state index contributed by atoms with van der Waals surface area (Å²) < 4.78 is 36.0. The van der Waals surface area contributed by atoms with Crippen LogP contribution in [-0.2, 0) is 14.6 Å². The maximum atomic E-state index is 12.8. The van der Waals surface area contributed by atoms with Gasteiger partial charge in [0.05, 0.1) is 17.5 Å². The Morgan fingerprint density at radius 3 is 2.53 bits per heavy atom. The molecule has 1 aliphatic heterocycles. The summed E-state index contributed by atoms with van der Waals surface area (Å²) in [4.78, 5) is 11.4. The van der Waals surface area contributed by atoms with E-state index < -0.39 is 21.7 Å². The van der Waals surface area contributed by atoms with Gasteiger partial charge in [0, 0.05) is 6.42 Å². The number of hydrogen-bond donors (Lipinski definition) is 1. The summed E-state index contributed by atoms with van der Waals surface area (Å²) in [5.41, 5.74) is 0.602. The largest absolute Gasteiger partial charge is 0.348 e. The van der Waals surface area contributed by atoms with E-state index in [0.717, 1.165) is 0 Å². The van der Waals surface area contributed by atoms with Crippen LogP contribution in [0.2, 0.25) is 0 Å². The van der Waals surface area contributed by atoms with Crippen molar-refractivity contribution in [3.8, 4) is 0 Å². The molecule has 1 aromatic carbocycles. The molecule has 1 heterocycles. The van der Waals surface area contributed by atoms with Crippen LogP contribution in [0.5, 0.6) is 0 Å². The quantitative estimate of drug-likeness (QED) is 0.809. The summed E-state index contributed by atoms with van der Waals surface area (Å²) in [5.74, 6) is -0.946. The molecule has 0 saturated carbocycles. The van der Waals surface area contributed by atoms with Gasteiger partial charge in [0.25, 0.3) is 0 Å². The van der Waals surface area contributed by atoms with Crippen molar-refractivity contribution in [1.29, 1.82) is 0 Å². The molecule has 6 heteroatoms. The summed E-state index contributed by atoms with van der Waals surface area (Å²) >= 11 is 0. The molecule has 2 rings (SSSR count). The van der Waals surface area contributed by atoms with Crippen LogP contribution in [0.25, 0.3) is 0 Å². The first-order valence-corrected chi connectivity index (χ1v) is 7.04. The monoisotopic (exact) mass is 257 g/mol. The lowest BCUT2D eigenvalue weighted by molar-refractivity contribution is -0.121. The Balaban J connectivity index is 2.29. The first kappa shape index (κ1) is 12.0. The molecule has 1 unspecified atom stereocenters. The van der Waals surface area contributed by atoms with Gasteiger partial charge in [0.2, 0.25) is 5.91 Å². The Morgan fingerprint density at radius 2 is 1.88 bits per heavy atom. The van der Waals surface area contributed by atoms with Gasteiger partial charge in [0.1, 0.15) is 5.82 Å². The second kappa shape index (κ2) is 4.44. The summed E-state index contributed by atoms with van der Waals surface area (Å²) in [7, 11) is -3.24. The van der Waals surface area contributed by atoms with Crippen molar-refractivity contribution in [1.82, 2.24) is 5.32 Å². The van der Waals surface area contributed by atoms with Crippen molar-refractivity contribution in [2.24, 2.45) is 0 Å². The fraction of sp³-hybridized carbons (Fsp3) is 0.364. The number of halogens is 1. The molecular weight excluding hydrogens is 245 g/mol. The molecule has 0 spiro atoms. The third kappa shape index (κ3) is 3.03. The number of hydrogen-bond acceptors (Lipinski definition) is 3. The lowest BCUT2D eigenvalue weighted by Gasteiger charge is -2.15. The highest BCUT2D eigenvalue weighted by Gasteiger charge is 2.27. The van der Waals surface area contributed by atoms with E-state index in [2.05, 4.69) is 5.32 Å². The summed E-state index contributed by atoms with van der Waals surface area (Å²) in [6.45, 7) is 0. The van der Waals surface area contributed by atoms with Crippen LogP contribution in [0.1, 0.15) is 18.0 Å². The SMILES string of the molecule is O=C1CCS(=O)(=O)CC(c2ccc(F)cc2)N1. The van der Waals surface area contributed by atoms with Crippen LogP contribution < -0.4 is 5.32 Å². The van der Waals surface area contributed by atoms with Crippen molar-refractivity contribution >= 4 is 15.7 Å². The zero-order valence-electron chi connectivity index (χ0n) is 9.02. The second-order valence-corrected chi connectivity index (χ2v) is 6.26. The van der Waals surface area contributed by atoms with Crippen molar-refractivity contribution in [2.45, 2.75) is 12.5 Å². The van der Waals surface area contributed by atoms with Gasteiger partial charge in [-0.3, -0.25) is 4.79 Å². The van der Waals surface area contributed by atoms with E-state index in [4.69, 9.17) is 0 Å². The zero-order valence-corrected chi connectivity index (χ0v) is 9.84. The van der Waals surface area contributed by atoms with E-state index in [9.17, 15) is 17.6 Å². The predicted octanol–water partition coefficient (Wildman–Crippen LogP) is 0.802. The lowest BCUT2D eigenvalue weighted by atomic mass is 10.1. The Morgan fingerprint density at radius 1 is 1.24 bits per heavy atom. The van der Waals surface area contributed by atoms with Crippen molar-refractivity contribution in [3.05, 3.63) is 35.6 Å². The topological polar surface area (TPSA) is 63.2 Å². The Bertz CT molecular complexity index is 524.